The Kier molecular flexibility index (Phi) is 6.35. The highest BCUT2D eigenvalue weighted by molar-refractivity contribution is 8.01. The third-order valence-corrected chi connectivity index (χ3v) is 5.86. The molecular formula is C22H22N4O2S. The number of para-hydroxylation sites is 2. The molecule has 1 heterocycles. The summed E-state index contributed by atoms with van der Waals surface area (Å²) in [6, 6.07) is 17.1. The maximum atomic E-state index is 12.9. The van der Waals surface area contributed by atoms with Crippen LogP contribution in [0.25, 0.3) is 11.0 Å². The van der Waals surface area contributed by atoms with Crippen molar-refractivity contribution < 1.29 is 9.59 Å². The summed E-state index contributed by atoms with van der Waals surface area (Å²) in [5.74, 6) is -0.860. The van der Waals surface area contributed by atoms with E-state index in [4.69, 9.17) is 0 Å². The molecule has 2 aromatic carbocycles. The van der Waals surface area contributed by atoms with E-state index in [0.29, 0.717) is 5.82 Å². The second kappa shape index (κ2) is 8.93. The summed E-state index contributed by atoms with van der Waals surface area (Å²) in [5, 5.41) is 11.9. The summed E-state index contributed by atoms with van der Waals surface area (Å²) in [6.07, 6.45) is 0. The summed E-state index contributed by atoms with van der Waals surface area (Å²) in [4.78, 5) is 29.5. The predicted octanol–water partition coefficient (Wildman–Crippen LogP) is 3.82. The Morgan fingerprint density at radius 1 is 1.21 bits per heavy atom. The van der Waals surface area contributed by atoms with E-state index >= 15 is 0 Å². The maximum Gasteiger partial charge on any atom is 0.234 e. The molecule has 0 aliphatic carbocycles. The highest BCUT2D eigenvalue weighted by atomic mass is 32.2. The lowest BCUT2D eigenvalue weighted by Gasteiger charge is -2.14. The van der Waals surface area contributed by atoms with Gasteiger partial charge in [0.15, 0.2) is 11.7 Å². The fourth-order valence-corrected chi connectivity index (χ4v) is 3.80. The SMILES string of the molecule is Cc1ccc(NC(=O)CS[C@H](C)C(=O)[C@@H](C#N)c2nc3ccccc3n2C)cc1. The van der Waals surface area contributed by atoms with Gasteiger partial charge in [-0.05, 0) is 38.1 Å². The van der Waals surface area contributed by atoms with Gasteiger partial charge in [-0.25, -0.2) is 4.98 Å². The quantitative estimate of drug-likeness (QED) is 0.644. The summed E-state index contributed by atoms with van der Waals surface area (Å²) in [6.45, 7) is 3.70. The topological polar surface area (TPSA) is 87.8 Å². The molecule has 6 nitrogen and oxygen atoms in total. The standard InChI is InChI=1S/C22H22N4O2S/c1-14-8-10-16(11-9-14)24-20(27)13-29-15(2)21(28)17(12-23)22-25-18-6-4-5-7-19(18)26(22)3/h4-11,15,17H,13H2,1-3H3,(H,24,27)/t15-,17-/m1/s1. The first-order valence-corrected chi connectivity index (χ1v) is 10.3. The van der Waals surface area contributed by atoms with Gasteiger partial charge in [0.05, 0.1) is 28.1 Å². The van der Waals surface area contributed by atoms with Crippen LogP contribution in [0.5, 0.6) is 0 Å². The van der Waals surface area contributed by atoms with Crippen molar-refractivity contribution in [2.24, 2.45) is 7.05 Å². The number of carbonyl (C=O) groups excluding carboxylic acids is 2. The van der Waals surface area contributed by atoms with E-state index in [-0.39, 0.29) is 17.4 Å². The molecule has 7 heteroatoms. The van der Waals surface area contributed by atoms with E-state index in [1.807, 2.05) is 55.5 Å². The third-order valence-electron chi connectivity index (χ3n) is 4.69. The van der Waals surface area contributed by atoms with Gasteiger partial charge in [-0.15, -0.1) is 11.8 Å². The second-order valence-corrected chi connectivity index (χ2v) is 8.18. The van der Waals surface area contributed by atoms with E-state index in [1.54, 1.807) is 18.5 Å². The van der Waals surface area contributed by atoms with E-state index in [2.05, 4.69) is 16.4 Å². The molecule has 0 spiro atoms. The number of hydrogen-bond donors (Lipinski definition) is 1. The van der Waals surface area contributed by atoms with Crippen molar-refractivity contribution in [3.05, 3.63) is 59.9 Å². The smallest absolute Gasteiger partial charge is 0.234 e. The lowest BCUT2D eigenvalue weighted by atomic mass is 10.0. The molecule has 0 fully saturated rings. The van der Waals surface area contributed by atoms with Crippen molar-refractivity contribution in [2.45, 2.75) is 25.0 Å². The maximum absolute atomic E-state index is 12.9. The number of hydrogen-bond acceptors (Lipinski definition) is 5. The van der Waals surface area contributed by atoms with Crippen molar-refractivity contribution in [2.75, 3.05) is 11.1 Å². The molecule has 148 valence electrons. The van der Waals surface area contributed by atoms with Gasteiger partial charge < -0.3 is 9.88 Å². The molecule has 3 rings (SSSR count). The van der Waals surface area contributed by atoms with Gasteiger partial charge in [-0.2, -0.15) is 5.26 Å². The zero-order valence-electron chi connectivity index (χ0n) is 16.5. The van der Waals surface area contributed by atoms with Crippen LogP contribution in [0, 0.1) is 18.3 Å². The molecule has 0 aliphatic rings. The largest absolute Gasteiger partial charge is 0.330 e. The van der Waals surface area contributed by atoms with E-state index in [1.165, 1.54) is 11.8 Å². The van der Waals surface area contributed by atoms with Crippen LogP contribution in [0.15, 0.2) is 48.5 Å². The Balaban J connectivity index is 1.64. The minimum absolute atomic E-state index is 0.126. The first kappa shape index (κ1) is 20.6. The minimum Gasteiger partial charge on any atom is -0.330 e. The van der Waals surface area contributed by atoms with Gasteiger partial charge in [-0.1, -0.05) is 29.8 Å². The van der Waals surface area contributed by atoms with E-state index in [9.17, 15) is 14.9 Å². The summed E-state index contributed by atoms with van der Waals surface area (Å²) >= 11 is 1.22. The molecule has 3 aromatic rings. The van der Waals surface area contributed by atoms with Crippen LogP contribution in [-0.2, 0) is 16.6 Å². The van der Waals surface area contributed by atoms with Crippen molar-refractivity contribution in [1.29, 1.82) is 5.26 Å². The Morgan fingerprint density at radius 2 is 1.90 bits per heavy atom. The number of nitrogens with zero attached hydrogens (tertiary/aromatic N) is 3. The molecule has 2 atom stereocenters. The molecule has 1 aromatic heterocycles. The lowest BCUT2D eigenvalue weighted by molar-refractivity contribution is -0.118. The number of benzene rings is 2. The van der Waals surface area contributed by atoms with Crippen LogP contribution < -0.4 is 5.32 Å². The van der Waals surface area contributed by atoms with Crippen LogP contribution >= 0.6 is 11.8 Å². The van der Waals surface area contributed by atoms with Crippen molar-refractivity contribution in [3.63, 3.8) is 0 Å². The molecule has 0 radical (unpaired) electrons. The Morgan fingerprint density at radius 3 is 2.55 bits per heavy atom. The Hall–Kier alpha value is -3.11. The number of aryl methyl sites for hydroxylation is 2. The number of imidazole rings is 1. The van der Waals surface area contributed by atoms with Crippen LogP contribution in [-0.4, -0.2) is 32.2 Å². The number of fused-ring (bicyclic) bond motifs is 1. The molecule has 0 saturated heterocycles. The zero-order chi connectivity index (χ0) is 21.0. The number of carbonyl (C=O) groups is 2. The normalized spacial score (nSPS) is 12.9. The van der Waals surface area contributed by atoms with Crippen LogP contribution in [0.3, 0.4) is 0 Å². The Bertz CT molecular complexity index is 1080. The average Bonchev–Trinajstić information content (AvgIpc) is 3.05. The lowest BCUT2D eigenvalue weighted by Crippen LogP contribution is -2.25. The molecule has 0 bridgehead atoms. The van der Waals surface area contributed by atoms with Crippen LogP contribution in [0.4, 0.5) is 5.69 Å². The van der Waals surface area contributed by atoms with Gasteiger partial charge in [-0.3, -0.25) is 9.59 Å². The molecule has 0 saturated carbocycles. The summed E-state index contributed by atoms with van der Waals surface area (Å²) in [7, 11) is 1.80. The molecule has 29 heavy (non-hydrogen) atoms. The molecule has 0 aliphatic heterocycles. The number of nitriles is 1. The number of thioether (sulfide) groups is 1. The fraction of sp³-hybridized carbons (Fsp3) is 0.273. The average molecular weight is 407 g/mol. The van der Waals surface area contributed by atoms with Gasteiger partial charge in [0.25, 0.3) is 0 Å². The number of rotatable bonds is 7. The Labute approximate surface area is 173 Å². The molecule has 0 unspecified atom stereocenters. The van der Waals surface area contributed by atoms with Gasteiger partial charge in [0.1, 0.15) is 5.82 Å². The number of nitrogens with one attached hydrogen (secondary N) is 1. The summed E-state index contributed by atoms with van der Waals surface area (Å²) < 4.78 is 1.78. The van der Waals surface area contributed by atoms with Crippen molar-refractivity contribution >= 4 is 40.2 Å². The van der Waals surface area contributed by atoms with Gasteiger partial charge >= 0.3 is 0 Å². The first-order chi connectivity index (χ1) is 13.9. The molecule has 1 amide bonds. The number of aromatic nitrogens is 2. The predicted molar refractivity (Wildman–Crippen MR) is 116 cm³/mol. The zero-order valence-corrected chi connectivity index (χ0v) is 17.4. The second-order valence-electron chi connectivity index (χ2n) is 6.85. The minimum atomic E-state index is -0.977. The monoisotopic (exact) mass is 406 g/mol. The first-order valence-electron chi connectivity index (χ1n) is 9.23. The van der Waals surface area contributed by atoms with Crippen molar-refractivity contribution in [1.82, 2.24) is 9.55 Å². The summed E-state index contributed by atoms with van der Waals surface area (Å²) in [5.41, 5.74) is 3.44. The van der Waals surface area contributed by atoms with E-state index < -0.39 is 11.2 Å². The van der Waals surface area contributed by atoms with Crippen molar-refractivity contribution in [3.8, 4) is 6.07 Å². The van der Waals surface area contributed by atoms with E-state index in [0.717, 1.165) is 22.3 Å². The highest BCUT2D eigenvalue weighted by Gasteiger charge is 2.30. The molecule has 1 N–H and O–H groups in total. The van der Waals surface area contributed by atoms with Crippen LogP contribution in [0.1, 0.15) is 24.2 Å². The number of Topliss-reactive ketones (excluding diaryl/α,β-unsaturated/α-hetero) is 1. The van der Waals surface area contributed by atoms with Crippen LogP contribution in [0.2, 0.25) is 0 Å². The number of ketones is 1. The van der Waals surface area contributed by atoms with Gasteiger partial charge in [0.2, 0.25) is 5.91 Å². The van der Waals surface area contributed by atoms with Gasteiger partial charge in [0, 0.05) is 12.7 Å². The number of anilines is 1. The number of amides is 1. The fourth-order valence-electron chi connectivity index (χ4n) is 3.02. The highest BCUT2D eigenvalue weighted by Crippen LogP contribution is 2.25. The third kappa shape index (κ3) is 4.66. The molecular weight excluding hydrogens is 384 g/mol.